The molecule has 0 saturated heterocycles. The molecule has 19 heavy (non-hydrogen) atoms. The maximum Gasteiger partial charge on any atom is 0.328 e. The van der Waals surface area contributed by atoms with Crippen molar-refractivity contribution in [1.29, 1.82) is 0 Å². The summed E-state index contributed by atoms with van der Waals surface area (Å²) in [6, 6.07) is 8.59. The van der Waals surface area contributed by atoms with Crippen LogP contribution in [-0.4, -0.2) is 35.8 Å². The Hall–Kier alpha value is -2.37. The second-order valence-corrected chi connectivity index (χ2v) is 3.99. The van der Waals surface area contributed by atoms with E-state index >= 15 is 0 Å². The van der Waals surface area contributed by atoms with Gasteiger partial charge in [0.05, 0.1) is 0 Å². The van der Waals surface area contributed by atoms with Crippen molar-refractivity contribution in [1.82, 2.24) is 0 Å². The van der Waals surface area contributed by atoms with Gasteiger partial charge >= 0.3 is 5.97 Å². The Kier molecular flexibility index (Phi) is 6.08. The van der Waals surface area contributed by atoms with Crippen LogP contribution in [0.15, 0.2) is 40.3 Å². The lowest BCUT2D eigenvalue weighted by Crippen LogP contribution is -2.23. The maximum absolute atomic E-state index is 11.0. The van der Waals surface area contributed by atoms with Crippen molar-refractivity contribution in [2.24, 2.45) is 21.5 Å². The normalized spacial score (nSPS) is 12.2. The van der Waals surface area contributed by atoms with Gasteiger partial charge in [-0.1, -0.05) is 30.3 Å². The smallest absolute Gasteiger partial charge is 0.328 e. The molecule has 0 fully saturated rings. The summed E-state index contributed by atoms with van der Waals surface area (Å²) >= 11 is 0. The lowest BCUT2D eigenvalue weighted by atomic mass is 10.1. The number of benzene rings is 1. The van der Waals surface area contributed by atoms with Crippen LogP contribution in [0, 0.1) is 0 Å². The fraction of sp³-hybridized carbons (Fsp3) is 0.308. The van der Waals surface area contributed by atoms with Gasteiger partial charge in [0.1, 0.15) is 6.04 Å². The number of carboxylic acid groups (broad SMARTS) is 1. The number of carboxylic acids is 1. The Balaban J connectivity index is 2.51. The van der Waals surface area contributed by atoms with E-state index in [9.17, 15) is 4.79 Å². The first-order chi connectivity index (χ1) is 9.09. The molecule has 0 aliphatic heterocycles. The number of nitrogens with two attached hydrogens (primary N) is 2. The third kappa shape index (κ3) is 6.21. The van der Waals surface area contributed by atoms with Gasteiger partial charge in [-0.05, 0) is 18.4 Å². The van der Waals surface area contributed by atoms with Crippen molar-refractivity contribution in [3.63, 3.8) is 0 Å². The van der Waals surface area contributed by atoms with Crippen LogP contribution in [0.2, 0.25) is 0 Å². The Morgan fingerprint density at radius 1 is 1.32 bits per heavy atom. The van der Waals surface area contributed by atoms with E-state index in [0.717, 1.165) is 5.56 Å². The first-order valence-electron chi connectivity index (χ1n) is 5.96. The Morgan fingerprint density at radius 3 is 2.58 bits per heavy atom. The number of aliphatic carboxylic acids is 1. The van der Waals surface area contributed by atoms with Crippen LogP contribution in [0.5, 0.6) is 0 Å². The van der Waals surface area contributed by atoms with Crippen molar-refractivity contribution in [2.75, 3.05) is 6.54 Å². The number of hydrogen-bond donors (Lipinski definition) is 3. The molecule has 0 radical (unpaired) electrons. The first kappa shape index (κ1) is 14.7. The molecule has 1 aromatic rings. The maximum atomic E-state index is 11.0. The number of nitrogens with zero attached hydrogens (tertiary/aromatic N) is 2. The van der Waals surface area contributed by atoms with Crippen LogP contribution < -0.4 is 11.5 Å². The van der Waals surface area contributed by atoms with Crippen LogP contribution in [0.4, 0.5) is 0 Å². The lowest BCUT2D eigenvalue weighted by molar-refractivity contribution is -0.138. The Morgan fingerprint density at radius 2 is 2.00 bits per heavy atom. The highest BCUT2D eigenvalue weighted by Crippen LogP contribution is 2.04. The monoisotopic (exact) mass is 262 g/mol. The van der Waals surface area contributed by atoms with E-state index in [2.05, 4.69) is 9.98 Å². The third-order valence-corrected chi connectivity index (χ3v) is 2.42. The van der Waals surface area contributed by atoms with Crippen LogP contribution in [-0.2, 0) is 4.79 Å². The van der Waals surface area contributed by atoms with Gasteiger partial charge in [0, 0.05) is 12.8 Å². The van der Waals surface area contributed by atoms with Crippen LogP contribution in [0.1, 0.15) is 18.4 Å². The van der Waals surface area contributed by atoms with Gasteiger partial charge in [-0.25, -0.2) is 4.79 Å². The quantitative estimate of drug-likeness (QED) is 0.379. The van der Waals surface area contributed by atoms with E-state index < -0.39 is 12.0 Å². The van der Waals surface area contributed by atoms with Crippen molar-refractivity contribution in [3.8, 4) is 0 Å². The molecule has 0 amide bonds. The first-order valence-corrected chi connectivity index (χ1v) is 5.96. The SMILES string of the molecule is NC(N)=NCCCC(N=Cc1ccccc1)C(=O)O. The third-order valence-electron chi connectivity index (χ3n) is 2.42. The highest BCUT2D eigenvalue weighted by Gasteiger charge is 2.14. The van der Waals surface area contributed by atoms with Crippen molar-refractivity contribution < 1.29 is 9.90 Å². The lowest BCUT2D eigenvalue weighted by Gasteiger charge is -2.06. The second kappa shape index (κ2) is 7.86. The zero-order valence-corrected chi connectivity index (χ0v) is 10.6. The molecule has 1 atom stereocenters. The predicted octanol–water partition coefficient (Wildman–Crippen LogP) is 0.612. The van der Waals surface area contributed by atoms with Gasteiger partial charge in [0.25, 0.3) is 0 Å². The molecule has 6 nitrogen and oxygen atoms in total. The summed E-state index contributed by atoms with van der Waals surface area (Å²) in [4.78, 5) is 18.9. The molecule has 1 aromatic carbocycles. The molecule has 0 spiro atoms. The van der Waals surface area contributed by atoms with E-state index in [1.165, 1.54) is 0 Å². The minimum absolute atomic E-state index is 0.0136. The summed E-state index contributed by atoms with van der Waals surface area (Å²) in [5, 5.41) is 9.06. The molecule has 1 unspecified atom stereocenters. The van der Waals surface area contributed by atoms with Crippen molar-refractivity contribution in [3.05, 3.63) is 35.9 Å². The molecule has 0 saturated carbocycles. The molecule has 6 heteroatoms. The van der Waals surface area contributed by atoms with Gasteiger partial charge in [-0.2, -0.15) is 0 Å². The van der Waals surface area contributed by atoms with Crippen LogP contribution >= 0.6 is 0 Å². The highest BCUT2D eigenvalue weighted by atomic mass is 16.4. The number of hydrogen-bond acceptors (Lipinski definition) is 3. The molecule has 0 aliphatic rings. The zero-order valence-electron chi connectivity index (χ0n) is 10.6. The fourth-order valence-electron chi connectivity index (χ4n) is 1.47. The summed E-state index contributed by atoms with van der Waals surface area (Å²) in [5.41, 5.74) is 11.2. The molecule has 0 heterocycles. The van der Waals surface area contributed by atoms with Gasteiger partial charge in [0.2, 0.25) is 0 Å². The minimum Gasteiger partial charge on any atom is -0.480 e. The summed E-state index contributed by atoms with van der Waals surface area (Å²) in [6.07, 6.45) is 2.54. The van der Waals surface area contributed by atoms with Crippen molar-refractivity contribution in [2.45, 2.75) is 18.9 Å². The molecule has 0 bridgehead atoms. The van der Waals surface area contributed by atoms with Crippen molar-refractivity contribution >= 4 is 18.1 Å². The van der Waals surface area contributed by atoms with Crippen LogP contribution in [0.3, 0.4) is 0 Å². The number of rotatable bonds is 7. The zero-order chi connectivity index (χ0) is 14.1. The summed E-state index contributed by atoms with van der Waals surface area (Å²) in [5.74, 6) is -0.934. The Labute approximate surface area is 111 Å². The van der Waals surface area contributed by atoms with E-state index in [1.54, 1.807) is 6.21 Å². The average molecular weight is 262 g/mol. The van der Waals surface area contributed by atoms with Gasteiger partial charge in [-0.3, -0.25) is 9.98 Å². The summed E-state index contributed by atoms with van der Waals surface area (Å²) in [6.45, 7) is 0.410. The molecular weight excluding hydrogens is 244 g/mol. The van der Waals surface area contributed by atoms with E-state index in [1.807, 2.05) is 30.3 Å². The molecule has 0 aromatic heterocycles. The summed E-state index contributed by atoms with van der Waals surface area (Å²) < 4.78 is 0. The number of guanidine groups is 1. The van der Waals surface area contributed by atoms with Gasteiger partial charge in [0.15, 0.2) is 5.96 Å². The topological polar surface area (TPSA) is 114 Å². The average Bonchev–Trinajstić information content (AvgIpc) is 2.38. The molecule has 1 rings (SSSR count). The standard InChI is InChI=1S/C13H18N4O2/c14-13(15)16-8-4-7-11(12(18)19)17-9-10-5-2-1-3-6-10/h1-3,5-6,9,11H,4,7-8H2,(H,18,19)(H4,14,15,16). The van der Waals surface area contributed by atoms with Gasteiger partial charge < -0.3 is 16.6 Å². The van der Waals surface area contributed by atoms with E-state index in [-0.39, 0.29) is 5.96 Å². The predicted molar refractivity (Wildman–Crippen MR) is 75.4 cm³/mol. The minimum atomic E-state index is -0.947. The molecule has 0 aliphatic carbocycles. The molecule has 5 N–H and O–H groups in total. The number of carbonyl (C=O) groups is 1. The number of aliphatic imine (C=N–C) groups is 2. The second-order valence-electron chi connectivity index (χ2n) is 3.99. The molecule has 102 valence electrons. The van der Waals surface area contributed by atoms with Crippen LogP contribution in [0.25, 0.3) is 0 Å². The largest absolute Gasteiger partial charge is 0.480 e. The van der Waals surface area contributed by atoms with Gasteiger partial charge in [-0.15, -0.1) is 0 Å². The van der Waals surface area contributed by atoms with E-state index in [0.29, 0.717) is 19.4 Å². The molecular formula is C13H18N4O2. The summed E-state index contributed by atoms with van der Waals surface area (Å²) in [7, 11) is 0. The highest BCUT2D eigenvalue weighted by molar-refractivity contribution is 5.83. The Bertz CT molecular complexity index is 453. The van der Waals surface area contributed by atoms with E-state index in [4.69, 9.17) is 16.6 Å². The fourth-order valence-corrected chi connectivity index (χ4v) is 1.47.